The molecule has 1 heterocycles. The molecule has 2 unspecified atom stereocenters. The summed E-state index contributed by atoms with van der Waals surface area (Å²) in [5.74, 6) is 1.14. The van der Waals surface area contributed by atoms with Gasteiger partial charge in [-0.25, -0.2) is 0 Å². The molecule has 15 heavy (non-hydrogen) atoms. The molecule has 0 saturated heterocycles. The molecule has 3 nitrogen and oxygen atoms in total. The zero-order chi connectivity index (χ0) is 10.2. The molecular formula is C11H16IN3. The molecule has 0 spiro atoms. The molecule has 1 aliphatic rings. The molecule has 0 fully saturated rings. The van der Waals surface area contributed by atoms with Crippen LogP contribution in [0.2, 0.25) is 0 Å². The lowest BCUT2D eigenvalue weighted by atomic mass is 10.1. The summed E-state index contributed by atoms with van der Waals surface area (Å²) in [5.41, 5.74) is 7.02. The first kappa shape index (κ1) is 12.4. The van der Waals surface area contributed by atoms with Gasteiger partial charge in [0.25, 0.3) is 0 Å². The van der Waals surface area contributed by atoms with Crippen molar-refractivity contribution in [3.05, 3.63) is 30.3 Å². The Kier molecular flexibility index (Phi) is 3.72. The highest BCUT2D eigenvalue weighted by Crippen LogP contribution is 2.27. The minimum Gasteiger partial charge on any atom is -1.00 e. The average Bonchev–Trinajstić information content (AvgIpc) is 2.44. The Labute approximate surface area is 108 Å². The summed E-state index contributed by atoms with van der Waals surface area (Å²) in [6.07, 6.45) is 0. The van der Waals surface area contributed by atoms with E-state index in [1.165, 1.54) is 5.69 Å². The highest BCUT2D eigenvalue weighted by molar-refractivity contribution is 5.85. The van der Waals surface area contributed by atoms with Crippen molar-refractivity contribution in [2.24, 2.45) is 16.8 Å². The number of nitrogens with two attached hydrogens (primary N) is 1. The maximum absolute atomic E-state index is 5.83. The van der Waals surface area contributed by atoms with Crippen LogP contribution in [0, 0.1) is 5.92 Å². The lowest BCUT2D eigenvalue weighted by Gasteiger charge is -2.22. The van der Waals surface area contributed by atoms with Crippen molar-refractivity contribution in [2.75, 3.05) is 13.6 Å². The highest BCUT2D eigenvalue weighted by atomic mass is 127. The number of para-hydroxylation sites is 1. The fourth-order valence-corrected chi connectivity index (χ4v) is 1.93. The smallest absolute Gasteiger partial charge is 0.164 e. The van der Waals surface area contributed by atoms with E-state index >= 15 is 0 Å². The van der Waals surface area contributed by atoms with E-state index in [9.17, 15) is 0 Å². The van der Waals surface area contributed by atoms with Gasteiger partial charge >= 0.3 is 0 Å². The van der Waals surface area contributed by atoms with Crippen LogP contribution in [0.15, 0.2) is 35.4 Å². The van der Waals surface area contributed by atoms with Gasteiger partial charge in [0.2, 0.25) is 0 Å². The Bertz CT molecular complexity index is 363. The van der Waals surface area contributed by atoms with Crippen molar-refractivity contribution >= 4 is 11.5 Å². The van der Waals surface area contributed by atoms with Crippen molar-refractivity contribution in [3.8, 4) is 0 Å². The molecule has 82 valence electrons. The first-order chi connectivity index (χ1) is 6.62. The second kappa shape index (κ2) is 4.49. The molecule has 1 aromatic carbocycles. The molecule has 4 heteroatoms. The molecule has 0 saturated carbocycles. The van der Waals surface area contributed by atoms with Gasteiger partial charge in [0.15, 0.2) is 11.5 Å². The van der Waals surface area contributed by atoms with Gasteiger partial charge in [-0.1, -0.05) is 23.3 Å². The van der Waals surface area contributed by atoms with Crippen LogP contribution >= 0.6 is 0 Å². The third-order valence-electron chi connectivity index (χ3n) is 2.78. The third-order valence-corrected chi connectivity index (χ3v) is 2.78. The van der Waals surface area contributed by atoms with Crippen LogP contribution < -0.4 is 34.3 Å². The summed E-state index contributed by atoms with van der Waals surface area (Å²) >= 11 is 0. The van der Waals surface area contributed by atoms with Gasteiger partial charge in [-0.3, -0.25) is 0 Å². The zero-order valence-electron chi connectivity index (χ0n) is 9.02. The fraction of sp³-hybridized carbons (Fsp3) is 0.364. The van der Waals surface area contributed by atoms with E-state index in [1.807, 2.05) is 18.2 Å². The van der Waals surface area contributed by atoms with Crippen molar-refractivity contribution < 1.29 is 24.0 Å². The maximum atomic E-state index is 5.83. The number of amidine groups is 1. The van der Waals surface area contributed by atoms with Gasteiger partial charge in [-0.2, -0.15) is 4.59 Å². The van der Waals surface area contributed by atoms with Crippen LogP contribution in [-0.2, 0) is 0 Å². The molecular weight excluding hydrogens is 301 g/mol. The quantitative estimate of drug-likeness (QED) is 0.500. The normalized spacial score (nSPS) is 29.5. The molecule has 2 rings (SSSR count). The fourth-order valence-electron chi connectivity index (χ4n) is 1.93. The molecule has 2 atom stereocenters. The number of rotatable bonds is 1. The van der Waals surface area contributed by atoms with Crippen LogP contribution in [0.4, 0.5) is 5.69 Å². The van der Waals surface area contributed by atoms with E-state index < -0.39 is 0 Å². The predicted molar refractivity (Wildman–Crippen MR) is 59.8 cm³/mol. The summed E-state index contributed by atoms with van der Waals surface area (Å²) in [5, 5.41) is 4.50. The van der Waals surface area contributed by atoms with Crippen molar-refractivity contribution in [2.45, 2.75) is 6.92 Å². The van der Waals surface area contributed by atoms with Crippen LogP contribution in [0.5, 0.6) is 0 Å². The molecule has 1 aliphatic heterocycles. The Morgan fingerprint density at radius 1 is 1.33 bits per heavy atom. The lowest BCUT2D eigenvalue weighted by Crippen LogP contribution is -3.00. The van der Waals surface area contributed by atoms with Crippen LogP contribution in [-0.4, -0.2) is 19.4 Å². The number of benzene rings is 1. The number of halogens is 1. The van der Waals surface area contributed by atoms with E-state index in [-0.39, 0.29) is 24.0 Å². The number of hydrogen-bond acceptors (Lipinski definition) is 2. The van der Waals surface area contributed by atoms with Crippen LogP contribution in [0.25, 0.3) is 0 Å². The zero-order valence-corrected chi connectivity index (χ0v) is 11.2. The topological polar surface area (TPSA) is 38.4 Å². The van der Waals surface area contributed by atoms with E-state index in [2.05, 4.69) is 31.2 Å². The van der Waals surface area contributed by atoms with E-state index in [4.69, 9.17) is 5.73 Å². The highest BCUT2D eigenvalue weighted by Gasteiger charge is 2.36. The monoisotopic (exact) mass is 317 g/mol. The van der Waals surface area contributed by atoms with Gasteiger partial charge < -0.3 is 29.7 Å². The van der Waals surface area contributed by atoms with Gasteiger partial charge in [-0.05, 0) is 6.92 Å². The molecule has 1 aromatic rings. The van der Waals surface area contributed by atoms with Gasteiger partial charge in [0.05, 0.1) is 13.0 Å². The summed E-state index contributed by atoms with van der Waals surface area (Å²) in [6, 6.07) is 10.3. The first-order valence-corrected chi connectivity index (χ1v) is 4.88. The van der Waals surface area contributed by atoms with E-state index in [0.717, 1.165) is 12.4 Å². The van der Waals surface area contributed by atoms with E-state index in [0.29, 0.717) is 10.5 Å². The molecule has 2 N–H and O–H groups in total. The molecule has 0 aliphatic carbocycles. The number of hydrogen-bond donors (Lipinski definition) is 1. The minimum atomic E-state index is 0. The van der Waals surface area contributed by atoms with Gasteiger partial charge in [-0.15, -0.1) is 0 Å². The molecule has 0 radical (unpaired) electrons. The Hall–Kier alpha value is -0.620. The van der Waals surface area contributed by atoms with Crippen LogP contribution in [0.3, 0.4) is 0 Å². The van der Waals surface area contributed by atoms with Crippen LogP contribution in [0.1, 0.15) is 6.92 Å². The summed E-state index contributed by atoms with van der Waals surface area (Å²) in [6.45, 7) is 3.07. The minimum absolute atomic E-state index is 0. The second-order valence-electron chi connectivity index (χ2n) is 4.08. The van der Waals surface area contributed by atoms with Gasteiger partial charge in [0, 0.05) is 12.1 Å². The van der Waals surface area contributed by atoms with Gasteiger partial charge in [0.1, 0.15) is 6.54 Å². The SMILES string of the molecule is CC1C[N+](C)(c2ccccc2)N=C1N.[I-]. The summed E-state index contributed by atoms with van der Waals surface area (Å²) in [7, 11) is 2.09. The predicted octanol–water partition coefficient (Wildman–Crippen LogP) is -1.45. The molecule has 0 bridgehead atoms. The largest absolute Gasteiger partial charge is 1.00 e. The summed E-state index contributed by atoms with van der Waals surface area (Å²) < 4.78 is 0.577. The standard InChI is InChI=1S/C11H16N3.HI/c1-9-8-14(2,13-11(9)12)10-6-4-3-5-7-10;/h3-7,9H,8H2,1-2H3,(H2,12,13);1H/q+1;/p-1. The Morgan fingerprint density at radius 3 is 2.40 bits per heavy atom. The van der Waals surface area contributed by atoms with Crippen molar-refractivity contribution in [3.63, 3.8) is 0 Å². The van der Waals surface area contributed by atoms with E-state index in [1.54, 1.807) is 0 Å². The summed E-state index contributed by atoms with van der Waals surface area (Å²) in [4.78, 5) is 0. The van der Waals surface area contributed by atoms with Crippen molar-refractivity contribution in [1.29, 1.82) is 0 Å². The average molecular weight is 317 g/mol. The van der Waals surface area contributed by atoms with Crippen molar-refractivity contribution in [1.82, 2.24) is 4.59 Å². The maximum Gasteiger partial charge on any atom is 0.164 e. The molecule has 0 amide bonds. The molecule has 0 aromatic heterocycles. The lowest BCUT2D eigenvalue weighted by molar-refractivity contribution is -0.00000328. The second-order valence-corrected chi connectivity index (χ2v) is 4.08. The Morgan fingerprint density at radius 2 is 1.93 bits per heavy atom. The third kappa shape index (κ3) is 2.31. The Balaban J connectivity index is 0.00000112. The number of nitrogens with zero attached hydrogens (tertiary/aromatic N) is 2. The first-order valence-electron chi connectivity index (χ1n) is 4.88. The number of quaternary nitrogens is 1.